The summed E-state index contributed by atoms with van der Waals surface area (Å²) in [5.41, 5.74) is 14.0. The summed E-state index contributed by atoms with van der Waals surface area (Å²) >= 11 is 0. The van der Waals surface area contributed by atoms with E-state index in [1.54, 1.807) is 0 Å². The van der Waals surface area contributed by atoms with E-state index in [-0.39, 0.29) is 18.5 Å². The molecule has 5 nitrogen and oxygen atoms in total. The maximum atomic E-state index is 14.0. The van der Waals surface area contributed by atoms with Crippen molar-refractivity contribution in [3.05, 3.63) is 236 Å². The van der Waals surface area contributed by atoms with Gasteiger partial charge in [0.1, 0.15) is 6.61 Å². The average Bonchev–Trinajstić information content (AvgIpc) is 3.91. The molecule has 5 heteroatoms. The first-order valence-corrected chi connectivity index (χ1v) is 23.8. The van der Waals surface area contributed by atoms with Crippen LogP contribution >= 0.6 is 0 Å². The lowest BCUT2D eigenvalue weighted by Gasteiger charge is -2.30. The number of ether oxygens (including phenoxy) is 1. The number of hydrogen-bond donors (Lipinski definition) is 0. The Balaban J connectivity index is 0.793. The Bertz CT molecular complexity index is 3460. The molecule has 68 heavy (non-hydrogen) atoms. The minimum atomic E-state index is -0.640. The van der Waals surface area contributed by atoms with E-state index >= 15 is 0 Å². The highest BCUT2D eigenvalue weighted by Gasteiger charge is 2.35. The van der Waals surface area contributed by atoms with Crippen molar-refractivity contribution in [2.24, 2.45) is 5.41 Å². The number of fused-ring (bicyclic) bond motifs is 6. The van der Waals surface area contributed by atoms with Gasteiger partial charge in [0, 0.05) is 50.0 Å². The van der Waals surface area contributed by atoms with Gasteiger partial charge in [-0.25, -0.2) is 0 Å². The zero-order valence-corrected chi connectivity index (χ0v) is 38.7. The molecule has 0 fully saturated rings. The predicted molar refractivity (Wildman–Crippen MR) is 283 cm³/mol. The van der Waals surface area contributed by atoms with Gasteiger partial charge in [0.05, 0.1) is 27.5 Å². The van der Waals surface area contributed by atoms with E-state index in [1.807, 2.05) is 12.1 Å². The third-order valence-corrected chi connectivity index (χ3v) is 14.1. The van der Waals surface area contributed by atoms with Crippen molar-refractivity contribution in [3.63, 3.8) is 0 Å². The fourth-order valence-corrected chi connectivity index (χ4v) is 10.2. The van der Waals surface area contributed by atoms with Gasteiger partial charge >= 0.3 is 5.97 Å². The molecular formula is C63H53N3O2. The lowest BCUT2D eigenvalue weighted by Crippen LogP contribution is -2.30. The Labute approximate surface area is 398 Å². The number of esters is 1. The van der Waals surface area contributed by atoms with Crippen molar-refractivity contribution in [3.8, 4) is 22.5 Å². The number of rotatable bonds is 13. The molecule has 0 radical (unpaired) electrons. The van der Waals surface area contributed by atoms with Gasteiger partial charge in [-0.1, -0.05) is 147 Å². The summed E-state index contributed by atoms with van der Waals surface area (Å²) < 4.78 is 10.9. The fraction of sp³-hybridized carbons (Fsp3) is 0.127. The van der Waals surface area contributed by atoms with Crippen LogP contribution in [0.1, 0.15) is 50.7 Å². The highest BCUT2D eigenvalue weighted by Crippen LogP contribution is 2.40. The quantitative estimate of drug-likeness (QED) is 0.108. The molecule has 332 valence electrons. The number of para-hydroxylation sites is 5. The summed E-state index contributed by atoms with van der Waals surface area (Å²) in [6.07, 6.45) is 1.37. The Morgan fingerprint density at radius 1 is 0.500 bits per heavy atom. The first-order valence-electron chi connectivity index (χ1n) is 23.8. The third-order valence-electron chi connectivity index (χ3n) is 14.1. The van der Waals surface area contributed by atoms with E-state index in [0.29, 0.717) is 12.8 Å². The molecular weight excluding hydrogens is 831 g/mol. The molecule has 0 bridgehead atoms. The van der Waals surface area contributed by atoms with Crippen LogP contribution < -0.4 is 4.90 Å². The number of carbonyl (C=O) groups excluding carboxylic acids is 1. The summed E-state index contributed by atoms with van der Waals surface area (Å²) in [6.45, 7) is 6.57. The first-order chi connectivity index (χ1) is 33.4. The number of aromatic nitrogens is 2. The van der Waals surface area contributed by atoms with Crippen molar-refractivity contribution in [1.82, 2.24) is 9.13 Å². The van der Waals surface area contributed by atoms with Gasteiger partial charge in [0.25, 0.3) is 0 Å². The third kappa shape index (κ3) is 7.80. The maximum Gasteiger partial charge on any atom is 0.312 e. The maximum absolute atomic E-state index is 14.0. The van der Waals surface area contributed by atoms with E-state index < -0.39 is 5.41 Å². The molecule has 0 aliphatic carbocycles. The number of hydrogen-bond acceptors (Lipinski definition) is 3. The normalized spacial score (nSPS) is 12.9. The smallest absolute Gasteiger partial charge is 0.312 e. The zero-order chi connectivity index (χ0) is 46.2. The van der Waals surface area contributed by atoms with E-state index in [2.05, 4.69) is 247 Å². The van der Waals surface area contributed by atoms with Gasteiger partial charge in [-0.05, 0) is 139 Å². The number of benzene rings is 9. The fourth-order valence-electron chi connectivity index (χ4n) is 10.2. The monoisotopic (exact) mass is 883 g/mol. The zero-order valence-electron chi connectivity index (χ0n) is 38.7. The standard InChI is InChI=1S/C63H53N3O2/c1-4-63(3,42-44(2)46-28-34-51(35-29-46)64(49-17-7-5-8-18-49)50-19-9-6-10-20-50)62(67)68-43-45-27-40-61-57(41-45)56-23-13-16-26-60(56)66(61)53-38-32-48(33-39-53)47-30-36-52(37-31-47)65-58-24-14-11-21-54(58)55-22-12-15-25-59(55)65/h5-41,44H,4,42-43H2,1-3H3. The molecule has 2 heterocycles. The molecule has 0 spiro atoms. The van der Waals surface area contributed by atoms with Gasteiger partial charge in [-0.15, -0.1) is 0 Å². The minimum absolute atomic E-state index is 0.151. The minimum Gasteiger partial charge on any atom is -0.460 e. The topological polar surface area (TPSA) is 39.4 Å². The molecule has 0 aliphatic heterocycles. The van der Waals surface area contributed by atoms with Crippen LogP contribution in [-0.4, -0.2) is 15.1 Å². The van der Waals surface area contributed by atoms with Crippen LogP contribution in [0.25, 0.3) is 66.1 Å². The van der Waals surface area contributed by atoms with Crippen LogP contribution in [0, 0.1) is 5.41 Å². The molecule has 2 unspecified atom stereocenters. The van der Waals surface area contributed by atoms with E-state index in [4.69, 9.17) is 4.74 Å². The Hall–Kier alpha value is -8.15. The van der Waals surface area contributed by atoms with Crippen molar-refractivity contribution < 1.29 is 9.53 Å². The second-order valence-electron chi connectivity index (χ2n) is 18.4. The van der Waals surface area contributed by atoms with Crippen LogP contribution in [0.3, 0.4) is 0 Å². The molecule has 11 aromatic rings. The van der Waals surface area contributed by atoms with Crippen LogP contribution in [-0.2, 0) is 16.1 Å². The second kappa shape index (κ2) is 17.9. The number of anilines is 3. The van der Waals surface area contributed by atoms with Gasteiger partial charge in [0.2, 0.25) is 0 Å². The van der Waals surface area contributed by atoms with Crippen molar-refractivity contribution >= 4 is 66.6 Å². The first kappa shape index (κ1) is 42.5. The summed E-state index contributed by atoms with van der Waals surface area (Å²) in [6, 6.07) is 79.6. The van der Waals surface area contributed by atoms with Gasteiger partial charge < -0.3 is 18.8 Å². The Morgan fingerprint density at radius 2 is 0.926 bits per heavy atom. The van der Waals surface area contributed by atoms with Gasteiger partial charge in [0.15, 0.2) is 0 Å². The summed E-state index contributed by atoms with van der Waals surface area (Å²) in [7, 11) is 0. The van der Waals surface area contributed by atoms with Crippen LogP contribution in [0.2, 0.25) is 0 Å². The highest BCUT2D eigenvalue weighted by molar-refractivity contribution is 6.10. The van der Waals surface area contributed by atoms with Gasteiger partial charge in [-0.2, -0.15) is 0 Å². The number of carbonyl (C=O) groups is 1. The van der Waals surface area contributed by atoms with Crippen molar-refractivity contribution in [1.29, 1.82) is 0 Å². The molecule has 0 amide bonds. The van der Waals surface area contributed by atoms with E-state index in [1.165, 1.54) is 32.9 Å². The predicted octanol–water partition coefficient (Wildman–Crippen LogP) is 16.7. The van der Waals surface area contributed by atoms with Crippen molar-refractivity contribution in [2.45, 2.75) is 46.1 Å². The summed E-state index contributed by atoms with van der Waals surface area (Å²) in [5, 5.41) is 4.82. The van der Waals surface area contributed by atoms with E-state index in [9.17, 15) is 4.79 Å². The largest absolute Gasteiger partial charge is 0.460 e. The van der Waals surface area contributed by atoms with Crippen LogP contribution in [0.15, 0.2) is 224 Å². The lowest BCUT2D eigenvalue weighted by molar-refractivity contribution is -0.157. The molecule has 2 atom stereocenters. The molecule has 0 aliphatic rings. The van der Waals surface area contributed by atoms with E-state index in [0.717, 1.165) is 61.4 Å². The summed E-state index contributed by atoms with van der Waals surface area (Å²) in [5.74, 6) is -0.00962. The van der Waals surface area contributed by atoms with Crippen molar-refractivity contribution in [2.75, 3.05) is 4.90 Å². The highest BCUT2D eigenvalue weighted by atomic mass is 16.5. The Kier molecular flexibility index (Phi) is 11.2. The molecule has 0 saturated heterocycles. The molecule has 0 N–H and O–H groups in total. The van der Waals surface area contributed by atoms with Gasteiger partial charge in [-0.3, -0.25) is 4.79 Å². The Morgan fingerprint density at radius 3 is 1.41 bits per heavy atom. The summed E-state index contributed by atoms with van der Waals surface area (Å²) in [4.78, 5) is 16.3. The average molecular weight is 884 g/mol. The lowest BCUT2D eigenvalue weighted by atomic mass is 9.77. The molecule has 11 rings (SSSR count). The van der Waals surface area contributed by atoms with Crippen LogP contribution in [0.4, 0.5) is 17.1 Å². The molecule has 0 saturated carbocycles. The SMILES string of the molecule is CCC(C)(CC(C)c1ccc(N(c2ccccc2)c2ccccc2)cc1)C(=O)OCc1ccc2c(c1)c1ccccc1n2-c1ccc(-c2ccc(-n3c4ccccc4c4ccccc43)cc2)cc1. The molecule has 2 aromatic heterocycles. The van der Waals surface area contributed by atoms with Crippen LogP contribution in [0.5, 0.6) is 0 Å². The molecule has 9 aromatic carbocycles. The second-order valence-corrected chi connectivity index (χ2v) is 18.4. The number of nitrogens with zero attached hydrogens (tertiary/aromatic N) is 3.